The van der Waals surface area contributed by atoms with Gasteiger partial charge in [-0.2, -0.15) is 0 Å². The van der Waals surface area contributed by atoms with E-state index in [1.807, 2.05) is 6.07 Å². The molecule has 1 unspecified atom stereocenters. The number of rotatable bonds is 8. The van der Waals surface area contributed by atoms with Crippen LogP contribution in [0.1, 0.15) is 44.2 Å². The van der Waals surface area contributed by atoms with Crippen LogP contribution in [0.3, 0.4) is 0 Å². The van der Waals surface area contributed by atoms with Gasteiger partial charge in [-0.1, -0.05) is 25.0 Å². The molecule has 0 N–H and O–H groups in total. The Morgan fingerprint density at radius 2 is 2.00 bits per heavy atom. The topological polar surface area (TPSA) is 30.9 Å². The predicted octanol–water partition coefficient (Wildman–Crippen LogP) is 3.87. The molecule has 1 aliphatic carbocycles. The van der Waals surface area contributed by atoms with Crippen LogP contribution in [0.15, 0.2) is 24.3 Å². The largest absolute Gasteiger partial charge is 0.468 e. The SMILES string of the molecule is CCO[C@H]1CCCC[C@H]1C(c1cccc(OCOC)c1)N(C)C. The molecular formula is C19H31NO3. The van der Waals surface area contributed by atoms with Gasteiger partial charge in [0, 0.05) is 25.7 Å². The molecule has 1 aromatic carbocycles. The molecule has 1 saturated carbocycles. The molecule has 0 amide bonds. The van der Waals surface area contributed by atoms with Gasteiger partial charge in [0.25, 0.3) is 0 Å². The van der Waals surface area contributed by atoms with Crippen LogP contribution in [-0.4, -0.2) is 45.6 Å². The lowest BCUT2D eigenvalue weighted by molar-refractivity contribution is -0.0326. The minimum atomic E-state index is 0.279. The number of ether oxygens (including phenoxy) is 3. The van der Waals surface area contributed by atoms with Gasteiger partial charge >= 0.3 is 0 Å². The third-order valence-corrected chi connectivity index (χ3v) is 4.64. The fourth-order valence-electron chi connectivity index (χ4n) is 3.75. The maximum Gasteiger partial charge on any atom is 0.188 e. The highest BCUT2D eigenvalue weighted by Gasteiger charge is 2.34. The van der Waals surface area contributed by atoms with Crippen molar-refractivity contribution in [3.05, 3.63) is 29.8 Å². The highest BCUT2D eigenvalue weighted by Crippen LogP contribution is 2.39. The van der Waals surface area contributed by atoms with E-state index >= 15 is 0 Å². The molecule has 4 heteroatoms. The number of nitrogens with zero attached hydrogens (tertiary/aromatic N) is 1. The van der Waals surface area contributed by atoms with Crippen molar-refractivity contribution in [2.24, 2.45) is 5.92 Å². The quantitative estimate of drug-likeness (QED) is 0.680. The van der Waals surface area contributed by atoms with Gasteiger partial charge in [0.2, 0.25) is 0 Å². The first-order chi connectivity index (χ1) is 11.2. The van der Waals surface area contributed by atoms with E-state index in [0.29, 0.717) is 18.1 Å². The molecule has 0 radical (unpaired) electrons. The molecule has 1 aliphatic rings. The molecule has 0 spiro atoms. The van der Waals surface area contributed by atoms with Gasteiger partial charge in [0.05, 0.1) is 6.10 Å². The summed E-state index contributed by atoms with van der Waals surface area (Å²) in [5.74, 6) is 1.39. The van der Waals surface area contributed by atoms with Gasteiger partial charge in [-0.25, -0.2) is 0 Å². The van der Waals surface area contributed by atoms with Crippen molar-refractivity contribution in [2.75, 3.05) is 34.6 Å². The Hall–Kier alpha value is -1.10. The summed E-state index contributed by atoms with van der Waals surface area (Å²) in [4.78, 5) is 2.32. The summed E-state index contributed by atoms with van der Waals surface area (Å²) in [6.07, 6.45) is 5.31. The summed E-state index contributed by atoms with van der Waals surface area (Å²) in [7, 11) is 5.96. The van der Waals surface area contributed by atoms with Crippen LogP contribution in [0.4, 0.5) is 0 Å². The minimum absolute atomic E-state index is 0.279. The molecule has 130 valence electrons. The standard InChI is InChI=1S/C19H31NO3/c1-5-22-18-12-7-6-11-17(18)19(20(2)3)15-9-8-10-16(13-15)23-14-21-4/h8-10,13,17-19H,5-7,11-12,14H2,1-4H3/t17-,18+,19?/m1/s1. The third kappa shape index (κ3) is 4.93. The van der Waals surface area contributed by atoms with Crippen molar-refractivity contribution in [3.8, 4) is 5.75 Å². The van der Waals surface area contributed by atoms with Crippen LogP contribution in [0, 0.1) is 5.92 Å². The van der Waals surface area contributed by atoms with Crippen LogP contribution in [0.2, 0.25) is 0 Å². The van der Waals surface area contributed by atoms with E-state index in [2.05, 4.69) is 44.1 Å². The fraction of sp³-hybridized carbons (Fsp3) is 0.684. The van der Waals surface area contributed by atoms with Gasteiger partial charge in [0.1, 0.15) is 5.75 Å². The van der Waals surface area contributed by atoms with Crippen molar-refractivity contribution in [1.29, 1.82) is 0 Å². The number of hydrogen-bond acceptors (Lipinski definition) is 4. The van der Waals surface area contributed by atoms with E-state index < -0.39 is 0 Å². The Bertz CT molecular complexity index is 462. The van der Waals surface area contributed by atoms with Crippen LogP contribution in [0.25, 0.3) is 0 Å². The number of benzene rings is 1. The first kappa shape index (κ1) is 18.2. The molecule has 0 aliphatic heterocycles. The van der Waals surface area contributed by atoms with E-state index in [0.717, 1.165) is 12.4 Å². The molecular weight excluding hydrogens is 290 g/mol. The van der Waals surface area contributed by atoms with Crippen LogP contribution in [0.5, 0.6) is 5.75 Å². The van der Waals surface area contributed by atoms with Crippen molar-refractivity contribution in [1.82, 2.24) is 4.90 Å². The van der Waals surface area contributed by atoms with Crippen molar-refractivity contribution in [3.63, 3.8) is 0 Å². The van der Waals surface area contributed by atoms with Gasteiger partial charge in [-0.3, -0.25) is 0 Å². The summed E-state index contributed by atoms with van der Waals surface area (Å²) in [6.45, 7) is 3.16. The van der Waals surface area contributed by atoms with E-state index in [9.17, 15) is 0 Å². The third-order valence-electron chi connectivity index (χ3n) is 4.64. The molecule has 0 saturated heterocycles. The lowest BCUT2D eigenvalue weighted by Gasteiger charge is -2.40. The molecule has 2 rings (SSSR count). The number of methoxy groups -OCH3 is 1. The summed E-state index contributed by atoms with van der Waals surface area (Å²) >= 11 is 0. The zero-order valence-electron chi connectivity index (χ0n) is 15.0. The Morgan fingerprint density at radius 3 is 2.70 bits per heavy atom. The summed E-state index contributed by atoms with van der Waals surface area (Å²) < 4.78 is 16.7. The summed E-state index contributed by atoms with van der Waals surface area (Å²) in [5.41, 5.74) is 1.29. The van der Waals surface area contributed by atoms with Crippen molar-refractivity contribution >= 4 is 0 Å². The van der Waals surface area contributed by atoms with Crippen LogP contribution < -0.4 is 4.74 Å². The molecule has 1 aromatic rings. The average Bonchev–Trinajstić information content (AvgIpc) is 2.55. The maximum atomic E-state index is 6.07. The van der Waals surface area contributed by atoms with Gasteiger partial charge in [0.15, 0.2) is 6.79 Å². The second-order valence-corrected chi connectivity index (χ2v) is 6.47. The Balaban J connectivity index is 2.22. The Kier molecular flexibility index (Phi) is 7.34. The average molecular weight is 321 g/mol. The van der Waals surface area contributed by atoms with E-state index in [1.165, 1.54) is 31.2 Å². The van der Waals surface area contributed by atoms with Crippen LogP contribution >= 0.6 is 0 Å². The first-order valence-electron chi connectivity index (χ1n) is 8.67. The zero-order valence-corrected chi connectivity index (χ0v) is 15.0. The second kappa shape index (κ2) is 9.26. The first-order valence-corrected chi connectivity index (χ1v) is 8.67. The molecule has 0 bridgehead atoms. The summed E-state index contributed by atoms with van der Waals surface area (Å²) in [5, 5.41) is 0. The monoisotopic (exact) mass is 321 g/mol. The summed E-state index contributed by atoms with van der Waals surface area (Å²) in [6, 6.07) is 8.73. The molecule has 3 atom stereocenters. The highest BCUT2D eigenvalue weighted by molar-refractivity contribution is 5.31. The molecule has 4 nitrogen and oxygen atoms in total. The molecule has 1 fully saturated rings. The Morgan fingerprint density at radius 1 is 1.22 bits per heavy atom. The van der Waals surface area contributed by atoms with Crippen molar-refractivity contribution in [2.45, 2.75) is 44.8 Å². The lowest BCUT2D eigenvalue weighted by Crippen LogP contribution is -2.38. The van der Waals surface area contributed by atoms with E-state index in [4.69, 9.17) is 14.2 Å². The molecule has 23 heavy (non-hydrogen) atoms. The minimum Gasteiger partial charge on any atom is -0.468 e. The predicted molar refractivity (Wildman–Crippen MR) is 92.7 cm³/mol. The van der Waals surface area contributed by atoms with Gasteiger partial charge in [-0.15, -0.1) is 0 Å². The Labute approximate surface area is 140 Å². The van der Waals surface area contributed by atoms with E-state index in [1.54, 1.807) is 7.11 Å². The lowest BCUT2D eigenvalue weighted by atomic mass is 9.78. The molecule has 0 aromatic heterocycles. The van der Waals surface area contributed by atoms with Gasteiger partial charge in [-0.05, 0) is 51.6 Å². The fourth-order valence-corrected chi connectivity index (χ4v) is 3.75. The number of hydrogen-bond donors (Lipinski definition) is 0. The highest BCUT2D eigenvalue weighted by atomic mass is 16.7. The molecule has 0 heterocycles. The van der Waals surface area contributed by atoms with Crippen LogP contribution in [-0.2, 0) is 9.47 Å². The van der Waals surface area contributed by atoms with E-state index in [-0.39, 0.29) is 6.79 Å². The zero-order chi connectivity index (χ0) is 16.7. The normalized spacial score (nSPS) is 23.0. The smallest absolute Gasteiger partial charge is 0.188 e. The van der Waals surface area contributed by atoms with Crippen molar-refractivity contribution < 1.29 is 14.2 Å². The maximum absolute atomic E-state index is 6.07. The van der Waals surface area contributed by atoms with Gasteiger partial charge < -0.3 is 19.1 Å². The second-order valence-electron chi connectivity index (χ2n) is 6.47.